The van der Waals surface area contributed by atoms with E-state index in [9.17, 15) is 9.90 Å². The molecule has 4 aliphatic rings. The van der Waals surface area contributed by atoms with Crippen LogP contribution < -0.4 is 5.32 Å². The largest absolute Gasteiger partial charge is 0.463 e. The summed E-state index contributed by atoms with van der Waals surface area (Å²) < 4.78 is 5.55. The van der Waals surface area contributed by atoms with E-state index in [4.69, 9.17) is 4.74 Å². The molecule has 0 aromatic carbocycles. The molecular formula is C26H43NO3. The highest BCUT2D eigenvalue weighted by molar-refractivity contribution is 5.66. The number of fused-ring (bicyclic) bond motifs is 1. The molecule has 0 aliphatic heterocycles. The van der Waals surface area contributed by atoms with E-state index < -0.39 is 0 Å². The lowest BCUT2D eigenvalue weighted by molar-refractivity contribution is -0.155. The van der Waals surface area contributed by atoms with Gasteiger partial charge in [0.05, 0.1) is 0 Å². The molecule has 0 amide bonds. The molecule has 0 saturated heterocycles. The van der Waals surface area contributed by atoms with Crippen LogP contribution in [0.25, 0.3) is 0 Å². The maximum Gasteiger partial charge on any atom is 0.302 e. The molecule has 0 heterocycles. The predicted octanol–water partition coefficient (Wildman–Crippen LogP) is 4.72. The minimum Gasteiger partial charge on any atom is -0.463 e. The second-order valence-corrected chi connectivity index (χ2v) is 11.5. The normalized spacial score (nSPS) is 44.0. The Bertz CT molecular complexity index is 659. The summed E-state index contributed by atoms with van der Waals surface area (Å²) in [5, 5.41) is 14.2. The Labute approximate surface area is 183 Å². The molecular weight excluding hydrogens is 374 g/mol. The molecule has 4 nitrogen and oxygen atoms in total. The van der Waals surface area contributed by atoms with E-state index in [1.54, 1.807) is 0 Å². The number of aliphatic hydroxyl groups is 1. The zero-order valence-corrected chi connectivity index (χ0v) is 19.4. The molecule has 0 spiro atoms. The molecule has 0 bridgehead atoms. The predicted molar refractivity (Wildman–Crippen MR) is 120 cm³/mol. The molecule has 4 saturated carbocycles. The summed E-state index contributed by atoms with van der Waals surface area (Å²) in [7, 11) is 0. The fourth-order valence-corrected chi connectivity index (χ4v) is 7.57. The van der Waals surface area contributed by atoms with Gasteiger partial charge in [-0.15, -0.1) is 0 Å². The summed E-state index contributed by atoms with van der Waals surface area (Å²) in [5.41, 5.74) is 1.88. The number of carbonyl (C=O) groups excluding carboxylic acids is 1. The summed E-state index contributed by atoms with van der Waals surface area (Å²) in [6.45, 7) is 13.4. The lowest BCUT2D eigenvalue weighted by atomic mass is 9.49. The summed E-state index contributed by atoms with van der Waals surface area (Å²) in [5.74, 6) is 2.88. The van der Waals surface area contributed by atoms with Crippen molar-refractivity contribution in [3.8, 4) is 0 Å². The molecule has 4 aliphatic carbocycles. The SMILES string of the molecule is C=C1CC[C@H]2[C@H](CNCC3CC3)[C@@H]([C@@]3(C)CC[C@H](OC(C)=O)C[C@@H]3CO)CC[C@]12C. The second kappa shape index (κ2) is 8.58. The number of ether oxygens (including phenoxy) is 1. The Hall–Kier alpha value is -0.870. The van der Waals surface area contributed by atoms with Gasteiger partial charge in [-0.25, -0.2) is 0 Å². The van der Waals surface area contributed by atoms with Crippen molar-refractivity contribution in [3.63, 3.8) is 0 Å². The van der Waals surface area contributed by atoms with E-state index in [0.29, 0.717) is 23.2 Å². The molecule has 4 rings (SSSR count). The maximum atomic E-state index is 11.5. The van der Waals surface area contributed by atoms with Gasteiger partial charge in [-0.3, -0.25) is 4.79 Å². The molecule has 170 valence electrons. The Morgan fingerprint density at radius 2 is 1.90 bits per heavy atom. The van der Waals surface area contributed by atoms with E-state index in [0.717, 1.165) is 31.7 Å². The number of hydrogen-bond donors (Lipinski definition) is 2. The number of hydrogen-bond acceptors (Lipinski definition) is 4. The van der Waals surface area contributed by atoms with Crippen molar-refractivity contribution in [1.29, 1.82) is 0 Å². The molecule has 2 N–H and O–H groups in total. The second-order valence-electron chi connectivity index (χ2n) is 11.5. The fraction of sp³-hybridized carbons (Fsp3) is 0.885. The van der Waals surface area contributed by atoms with E-state index in [2.05, 4.69) is 25.7 Å². The minimum atomic E-state index is -0.194. The quantitative estimate of drug-likeness (QED) is 0.465. The first kappa shape index (κ1) is 22.3. The van der Waals surface area contributed by atoms with Crippen molar-refractivity contribution >= 4 is 5.97 Å². The van der Waals surface area contributed by atoms with Crippen LogP contribution in [0, 0.1) is 40.4 Å². The number of rotatable bonds is 7. The van der Waals surface area contributed by atoms with Gasteiger partial charge < -0.3 is 15.2 Å². The van der Waals surface area contributed by atoms with Gasteiger partial charge >= 0.3 is 5.97 Å². The average Bonchev–Trinajstić information content (AvgIpc) is 3.47. The van der Waals surface area contributed by atoms with Crippen LogP contribution in [0.2, 0.25) is 0 Å². The Morgan fingerprint density at radius 3 is 2.57 bits per heavy atom. The van der Waals surface area contributed by atoms with Crippen molar-refractivity contribution in [2.75, 3.05) is 19.7 Å². The van der Waals surface area contributed by atoms with Crippen molar-refractivity contribution in [2.24, 2.45) is 40.4 Å². The minimum absolute atomic E-state index is 0.0284. The van der Waals surface area contributed by atoms with Crippen LogP contribution >= 0.6 is 0 Å². The first-order valence-electron chi connectivity index (χ1n) is 12.4. The number of nitrogens with one attached hydrogen (secondary N) is 1. The summed E-state index contributed by atoms with van der Waals surface area (Å²) >= 11 is 0. The van der Waals surface area contributed by atoms with Crippen LogP contribution in [0.4, 0.5) is 0 Å². The third-order valence-electron chi connectivity index (χ3n) is 9.79. The third-order valence-corrected chi connectivity index (χ3v) is 9.79. The average molecular weight is 418 g/mol. The fourth-order valence-electron chi connectivity index (χ4n) is 7.57. The van der Waals surface area contributed by atoms with Crippen LogP contribution in [-0.2, 0) is 9.53 Å². The molecule has 4 heteroatoms. The van der Waals surface area contributed by atoms with Gasteiger partial charge in [0.15, 0.2) is 0 Å². The number of esters is 1. The molecule has 30 heavy (non-hydrogen) atoms. The molecule has 4 fully saturated rings. The highest BCUT2D eigenvalue weighted by Crippen LogP contribution is 2.63. The molecule has 0 radical (unpaired) electrons. The van der Waals surface area contributed by atoms with Crippen LogP contribution in [0.15, 0.2) is 12.2 Å². The maximum absolute atomic E-state index is 11.5. The Balaban J connectivity index is 1.54. The van der Waals surface area contributed by atoms with Gasteiger partial charge in [0, 0.05) is 13.5 Å². The summed E-state index contributed by atoms with van der Waals surface area (Å²) in [4.78, 5) is 11.5. The molecule has 0 unspecified atom stereocenters. The zero-order valence-electron chi connectivity index (χ0n) is 19.4. The van der Waals surface area contributed by atoms with Crippen molar-refractivity contribution < 1.29 is 14.6 Å². The van der Waals surface area contributed by atoms with Crippen molar-refractivity contribution in [3.05, 3.63) is 12.2 Å². The van der Waals surface area contributed by atoms with Gasteiger partial charge in [0.1, 0.15) is 6.10 Å². The van der Waals surface area contributed by atoms with Gasteiger partial charge in [0.25, 0.3) is 0 Å². The van der Waals surface area contributed by atoms with E-state index in [1.165, 1.54) is 57.6 Å². The molecule has 7 atom stereocenters. The van der Waals surface area contributed by atoms with Gasteiger partial charge in [0.2, 0.25) is 0 Å². The third kappa shape index (κ3) is 4.11. The van der Waals surface area contributed by atoms with Crippen molar-refractivity contribution in [1.82, 2.24) is 5.32 Å². The van der Waals surface area contributed by atoms with Gasteiger partial charge in [-0.1, -0.05) is 26.0 Å². The monoisotopic (exact) mass is 417 g/mol. The number of allylic oxidation sites excluding steroid dienone is 1. The van der Waals surface area contributed by atoms with E-state index >= 15 is 0 Å². The van der Waals surface area contributed by atoms with Gasteiger partial charge in [-0.05, 0) is 111 Å². The zero-order chi connectivity index (χ0) is 21.5. The highest BCUT2D eigenvalue weighted by atomic mass is 16.5. The standard InChI is InChI=1S/C26H43NO3/c1-17-5-8-23-22(15-27-14-19-6-7-19)24(10-12-25(17,23)3)26(4)11-9-21(30-18(2)29)13-20(26)16-28/h19-24,27-28H,1,5-16H2,2-4H3/t20-,21+,22+,23+,24+,25-,26+/m1/s1. The lowest BCUT2D eigenvalue weighted by Gasteiger charge is -2.57. The highest BCUT2D eigenvalue weighted by Gasteiger charge is 2.56. The first-order chi connectivity index (χ1) is 14.3. The molecule has 0 aromatic heterocycles. The Kier molecular flexibility index (Phi) is 6.38. The lowest BCUT2D eigenvalue weighted by Crippen LogP contribution is -2.53. The molecule has 0 aromatic rings. The van der Waals surface area contributed by atoms with Crippen LogP contribution in [0.1, 0.15) is 78.6 Å². The van der Waals surface area contributed by atoms with Crippen LogP contribution in [0.5, 0.6) is 0 Å². The van der Waals surface area contributed by atoms with Crippen LogP contribution in [0.3, 0.4) is 0 Å². The summed E-state index contributed by atoms with van der Waals surface area (Å²) in [6, 6.07) is 0. The first-order valence-corrected chi connectivity index (χ1v) is 12.4. The Morgan fingerprint density at radius 1 is 1.13 bits per heavy atom. The number of carbonyl (C=O) groups is 1. The van der Waals surface area contributed by atoms with Crippen molar-refractivity contribution in [2.45, 2.75) is 84.7 Å². The van der Waals surface area contributed by atoms with E-state index in [-0.39, 0.29) is 30.0 Å². The van der Waals surface area contributed by atoms with Gasteiger partial charge in [-0.2, -0.15) is 0 Å². The van der Waals surface area contributed by atoms with E-state index in [1.807, 2.05) is 0 Å². The smallest absolute Gasteiger partial charge is 0.302 e. The summed E-state index contributed by atoms with van der Waals surface area (Å²) in [6.07, 6.45) is 10.5. The number of aliphatic hydroxyl groups excluding tert-OH is 1. The topological polar surface area (TPSA) is 58.6 Å². The van der Waals surface area contributed by atoms with Crippen LogP contribution in [-0.4, -0.2) is 36.9 Å².